The van der Waals surface area contributed by atoms with Crippen LogP contribution in [0.2, 0.25) is 0 Å². The molecule has 2 aliphatic heterocycles. The topological polar surface area (TPSA) is 32.3 Å². The van der Waals surface area contributed by atoms with Gasteiger partial charge in [-0.1, -0.05) is 30.3 Å². The largest absolute Gasteiger partial charge is 0.348 e. The molecule has 17 heavy (non-hydrogen) atoms. The smallest absolute Gasteiger partial charge is 0.229 e. The molecule has 3 rings (SSSR count). The van der Waals surface area contributed by atoms with E-state index in [9.17, 15) is 4.79 Å². The van der Waals surface area contributed by atoms with Crippen LogP contribution in [-0.2, 0) is 4.79 Å². The van der Waals surface area contributed by atoms with Gasteiger partial charge in [-0.2, -0.15) is 0 Å². The minimum absolute atomic E-state index is 0.131. The first-order valence-corrected chi connectivity index (χ1v) is 6.27. The minimum atomic E-state index is -0.131. The number of benzene rings is 1. The third-order valence-electron chi connectivity index (χ3n) is 4.29. The fourth-order valence-corrected chi connectivity index (χ4v) is 3.05. The number of hydrogen-bond acceptors (Lipinski definition) is 2. The molecule has 1 aromatic carbocycles. The highest BCUT2D eigenvalue weighted by molar-refractivity contribution is 5.90. The van der Waals surface area contributed by atoms with Gasteiger partial charge in [0, 0.05) is 0 Å². The second-order valence-corrected chi connectivity index (χ2v) is 5.28. The monoisotopic (exact) mass is 230 g/mol. The first-order chi connectivity index (χ1) is 8.22. The quantitative estimate of drug-likeness (QED) is 0.743. The zero-order valence-corrected chi connectivity index (χ0v) is 10.1. The summed E-state index contributed by atoms with van der Waals surface area (Å²) in [7, 11) is 2.13. The standard InChI is InChI=1S/C14H18N2O/c1-16-9-7-14(8-10-16)12(15-13(14)17)11-5-3-2-4-6-11/h2-6,12H,7-10H2,1H3,(H,15,17). The van der Waals surface area contributed by atoms with Gasteiger partial charge in [0.1, 0.15) is 0 Å². The molecule has 1 amide bonds. The molecular weight excluding hydrogens is 212 g/mol. The van der Waals surface area contributed by atoms with Crippen LogP contribution in [0.15, 0.2) is 30.3 Å². The van der Waals surface area contributed by atoms with E-state index in [1.807, 2.05) is 18.2 Å². The maximum absolute atomic E-state index is 12.0. The van der Waals surface area contributed by atoms with Crippen molar-refractivity contribution in [3.8, 4) is 0 Å². The van der Waals surface area contributed by atoms with E-state index in [2.05, 4.69) is 29.4 Å². The van der Waals surface area contributed by atoms with Crippen LogP contribution in [0.3, 0.4) is 0 Å². The number of piperidine rings is 1. The number of likely N-dealkylation sites (tertiary alicyclic amines) is 1. The summed E-state index contributed by atoms with van der Waals surface area (Å²) in [6, 6.07) is 10.6. The number of carbonyl (C=O) groups excluding carboxylic acids is 1. The normalized spacial score (nSPS) is 27.6. The van der Waals surface area contributed by atoms with E-state index in [0.29, 0.717) is 0 Å². The summed E-state index contributed by atoms with van der Waals surface area (Å²) in [5.74, 6) is 0.249. The van der Waals surface area contributed by atoms with Crippen LogP contribution in [0.4, 0.5) is 0 Å². The van der Waals surface area contributed by atoms with E-state index in [-0.39, 0.29) is 17.4 Å². The Morgan fingerprint density at radius 3 is 2.47 bits per heavy atom. The summed E-state index contributed by atoms with van der Waals surface area (Å²) in [5, 5.41) is 3.08. The molecule has 2 heterocycles. The first-order valence-electron chi connectivity index (χ1n) is 6.27. The van der Waals surface area contributed by atoms with E-state index in [1.54, 1.807) is 0 Å². The first kappa shape index (κ1) is 10.8. The van der Waals surface area contributed by atoms with Crippen LogP contribution in [0.1, 0.15) is 24.4 Å². The zero-order valence-electron chi connectivity index (χ0n) is 10.1. The molecule has 0 radical (unpaired) electrons. The molecule has 1 spiro atoms. The number of hydrogen-bond donors (Lipinski definition) is 1. The fourth-order valence-electron chi connectivity index (χ4n) is 3.05. The Balaban J connectivity index is 1.86. The highest BCUT2D eigenvalue weighted by Gasteiger charge is 2.55. The van der Waals surface area contributed by atoms with E-state index in [0.717, 1.165) is 25.9 Å². The van der Waals surface area contributed by atoms with Gasteiger partial charge in [-0.3, -0.25) is 4.79 Å². The van der Waals surface area contributed by atoms with Gasteiger partial charge in [-0.25, -0.2) is 0 Å². The lowest BCUT2D eigenvalue weighted by molar-refractivity contribution is -0.151. The lowest BCUT2D eigenvalue weighted by atomic mass is 9.64. The summed E-state index contributed by atoms with van der Waals surface area (Å²) in [6.07, 6.45) is 1.96. The summed E-state index contributed by atoms with van der Waals surface area (Å²) in [4.78, 5) is 14.3. The van der Waals surface area contributed by atoms with Crippen LogP contribution >= 0.6 is 0 Å². The van der Waals surface area contributed by atoms with Crippen molar-refractivity contribution in [1.82, 2.24) is 10.2 Å². The van der Waals surface area contributed by atoms with Crippen molar-refractivity contribution in [2.24, 2.45) is 5.41 Å². The number of amides is 1. The van der Waals surface area contributed by atoms with Crippen molar-refractivity contribution in [1.29, 1.82) is 0 Å². The van der Waals surface area contributed by atoms with E-state index >= 15 is 0 Å². The van der Waals surface area contributed by atoms with Gasteiger partial charge in [0.2, 0.25) is 5.91 Å². The van der Waals surface area contributed by atoms with E-state index in [1.165, 1.54) is 5.56 Å². The summed E-state index contributed by atoms with van der Waals surface area (Å²) in [5.41, 5.74) is 1.12. The molecule has 1 unspecified atom stereocenters. The van der Waals surface area contributed by atoms with E-state index < -0.39 is 0 Å². The van der Waals surface area contributed by atoms with Gasteiger partial charge in [-0.15, -0.1) is 0 Å². The molecule has 2 saturated heterocycles. The Morgan fingerprint density at radius 2 is 1.88 bits per heavy atom. The van der Waals surface area contributed by atoms with Crippen LogP contribution in [0.25, 0.3) is 0 Å². The van der Waals surface area contributed by atoms with Crippen LogP contribution in [-0.4, -0.2) is 30.9 Å². The molecular formula is C14H18N2O. The van der Waals surface area contributed by atoms with Gasteiger partial charge in [0.25, 0.3) is 0 Å². The van der Waals surface area contributed by atoms with Gasteiger partial charge >= 0.3 is 0 Å². The predicted molar refractivity (Wildman–Crippen MR) is 66.5 cm³/mol. The van der Waals surface area contributed by atoms with Crippen molar-refractivity contribution in [3.05, 3.63) is 35.9 Å². The highest BCUT2D eigenvalue weighted by Crippen LogP contribution is 2.49. The van der Waals surface area contributed by atoms with Crippen molar-refractivity contribution >= 4 is 5.91 Å². The maximum Gasteiger partial charge on any atom is 0.229 e. The second kappa shape index (κ2) is 3.84. The lowest BCUT2D eigenvalue weighted by Crippen LogP contribution is -2.64. The third-order valence-corrected chi connectivity index (χ3v) is 4.29. The molecule has 3 nitrogen and oxygen atoms in total. The average Bonchev–Trinajstić information content (AvgIpc) is 2.38. The van der Waals surface area contributed by atoms with Crippen LogP contribution < -0.4 is 5.32 Å². The van der Waals surface area contributed by atoms with Gasteiger partial charge in [-0.05, 0) is 38.5 Å². The second-order valence-electron chi connectivity index (χ2n) is 5.28. The van der Waals surface area contributed by atoms with E-state index in [4.69, 9.17) is 0 Å². The number of nitrogens with one attached hydrogen (secondary N) is 1. The lowest BCUT2D eigenvalue weighted by Gasteiger charge is -2.52. The molecule has 1 atom stereocenters. The number of rotatable bonds is 1. The third kappa shape index (κ3) is 1.57. The van der Waals surface area contributed by atoms with Gasteiger partial charge in [0.15, 0.2) is 0 Å². The fraction of sp³-hybridized carbons (Fsp3) is 0.500. The molecule has 0 aromatic heterocycles. The number of β-lactam (4-membered cyclic amide) rings is 1. The van der Waals surface area contributed by atoms with Crippen molar-refractivity contribution in [2.45, 2.75) is 18.9 Å². The SMILES string of the molecule is CN1CCC2(CC1)C(=O)NC2c1ccccc1. The summed E-state index contributed by atoms with van der Waals surface area (Å²) in [6.45, 7) is 2.05. The number of nitrogens with zero attached hydrogens (tertiary/aromatic N) is 1. The van der Waals surface area contributed by atoms with Gasteiger partial charge in [0.05, 0.1) is 11.5 Å². The maximum atomic E-state index is 12.0. The Kier molecular flexibility index (Phi) is 2.44. The van der Waals surface area contributed by atoms with Gasteiger partial charge < -0.3 is 10.2 Å². The summed E-state index contributed by atoms with van der Waals surface area (Å²) >= 11 is 0. The van der Waals surface area contributed by atoms with Crippen molar-refractivity contribution in [2.75, 3.05) is 20.1 Å². The molecule has 0 saturated carbocycles. The molecule has 1 aromatic rings. The highest BCUT2D eigenvalue weighted by atomic mass is 16.2. The van der Waals surface area contributed by atoms with Crippen LogP contribution in [0.5, 0.6) is 0 Å². The van der Waals surface area contributed by atoms with Crippen LogP contribution in [0, 0.1) is 5.41 Å². The Labute approximate surface area is 102 Å². The molecule has 3 heteroatoms. The summed E-state index contributed by atoms with van der Waals surface area (Å²) < 4.78 is 0. The Bertz CT molecular complexity index is 421. The molecule has 2 fully saturated rings. The molecule has 2 aliphatic rings. The Hall–Kier alpha value is -1.35. The Morgan fingerprint density at radius 1 is 1.24 bits per heavy atom. The minimum Gasteiger partial charge on any atom is -0.348 e. The van der Waals surface area contributed by atoms with Crippen molar-refractivity contribution in [3.63, 3.8) is 0 Å². The number of carbonyl (C=O) groups is 1. The zero-order chi connectivity index (χ0) is 11.9. The molecule has 0 aliphatic carbocycles. The molecule has 0 bridgehead atoms. The molecule has 90 valence electrons. The van der Waals surface area contributed by atoms with Crippen molar-refractivity contribution < 1.29 is 4.79 Å². The average molecular weight is 230 g/mol. The predicted octanol–water partition coefficient (Wildman–Crippen LogP) is 1.57. The molecule has 1 N–H and O–H groups in total.